The minimum Gasteiger partial charge on any atom is -0.465 e. The van der Waals surface area contributed by atoms with E-state index in [1.807, 2.05) is 20.8 Å². The summed E-state index contributed by atoms with van der Waals surface area (Å²) in [7, 11) is 0. The molecule has 2 aliphatic carbocycles. The highest BCUT2D eigenvalue weighted by Gasteiger charge is 2.61. The van der Waals surface area contributed by atoms with Crippen molar-refractivity contribution in [3.8, 4) is 0 Å². The highest BCUT2D eigenvalue weighted by atomic mass is 16.5. The van der Waals surface area contributed by atoms with Crippen LogP contribution < -0.4 is 5.32 Å². The van der Waals surface area contributed by atoms with Crippen LogP contribution in [0.4, 0.5) is 0 Å². The molecule has 3 aliphatic rings. The van der Waals surface area contributed by atoms with Crippen LogP contribution >= 0.6 is 0 Å². The lowest BCUT2D eigenvalue weighted by Crippen LogP contribution is -2.63. The Morgan fingerprint density at radius 3 is 2.12 bits per heavy atom. The topological polar surface area (TPSA) is 72.5 Å². The Bertz CT molecular complexity index is 552. The standard InChI is InChI=1S/C20H31NO4/c1-18-11-19(2,16(23)21-15(18)22)13-20(3,12-18)17(24)25-10-9-14-7-5-4-6-8-14/h14H,4-13H2,1-3H3,(H,21,22,23). The Morgan fingerprint density at radius 2 is 1.56 bits per heavy atom. The van der Waals surface area contributed by atoms with Crippen LogP contribution in [0.15, 0.2) is 0 Å². The second-order valence-corrected chi connectivity index (χ2v) is 9.42. The Hall–Kier alpha value is -1.39. The van der Waals surface area contributed by atoms with Gasteiger partial charge in [0, 0.05) is 10.8 Å². The van der Waals surface area contributed by atoms with Gasteiger partial charge in [-0.25, -0.2) is 0 Å². The number of imide groups is 1. The zero-order valence-electron chi connectivity index (χ0n) is 15.8. The molecule has 25 heavy (non-hydrogen) atoms. The van der Waals surface area contributed by atoms with Crippen LogP contribution in [-0.2, 0) is 19.1 Å². The summed E-state index contributed by atoms with van der Waals surface area (Å²) in [5, 5.41) is 2.50. The smallest absolute Gasteiger partial charge is 0.311 e. The molecular formula is C20H31NO4. The highest BCUT2D eigenvalue weighted by molar-refractivity contribution is 6.04. The van der Waals surface area contributed by atoms with Crippen molar-refractivity contribution in [2.24, 2.45) is 22.2 Å². The molecule has 5 heteroatoms. The number of fused-ring (bicyclic) bond motifs is 2. The number of nitrogens with one attached hydrogen (secondary N) is 1. The number of rotatable bonds is 4. The van der Waals surface area contributed by atoms with E-state index in [-0.39, 0.29) is 17.8 Å². The first-order valence-corrected chi connectivity index (χ1v) is 9.70. The van der Waals surface area contributed by atoms with E-state index in [2.05, 4.69) is 5.32 Å². The van der Waals surface area contributed by atoms with Gasteiger partial charge in [-0.3, -0.25) is 19.7 Å². The fraction of sp³-hybridized carbons (Fsp3) is 0.850. The third-order valence-corrected chi connectivity index (χ3v) is 6.64. The fourth-order valence-corrected chi connectivity index (χ4v) is 5.61. The summed E-state index contributed by atoms with van der Waals surface area (Å²) in [5.41, 5.74) is -2.14. The zero-order chi connectivity index (χ0) is 18.3. The van der Waals surface area contributed by atoms with Gasteiger partial charge >= 0.3 is 5.97 Å². The molecule has 0 aromatic heterocycles. The molecule has 1 aliphatic heterocycles. The quantitative estimate of drug-likeness (QED) is 0.624. The Morgan fingerprint density at radius 1 is 1.00 bits per heavy atom. The van der Waals surface area contributed by atoms with Gasteiger partial charge in [0.15, 0.2) is 0 Å². The Kier molecular flexibility index (Phi) is 4.71. The lowest BCUT2D eigenvalue weighted by atomic mass is 9.52. The molecule has 2 atom stereocenters. The van der Waals surface area contributed by atoms with Crippen molar-refractivity contribution in [2.45, 2.75) is 78.6 Å². The molecule has 1 saturated heterocycles. The zero-order valence-corrected chi connectivity index (χ0v) is 15.8. The van der Waals surface area contributed by atoms with Gasteiger partial charge in [0.25, 0.3) is 0 Å². The summed E-state index contributed by atoms with van der Waals surface area (Å²) in [6.07, 6.45) is 8.68. The number of ether oxygens (including phenoxy) is 1. The van der Waals surface area contributed by atoms with Gasteiger partial charge in [-0.05, 0) is 38.5 Å². The van der Waals surface area contributed by atoms with E-state index < -0.39 is 16.2 Å². The molecule has 1 N–H and O–H groups in total. The van der Waals surface area contributed by atoms with Crippen molar-refractivity contribution in [1.82, 2.24) is 5.32 Å². The fourth-order valence-electron chi connectivity index (χ4n) is 5.61. The molecule has 140 valence electrons. The van der Waals surface area contributed by atoms with E-state index in [1.54, 1.807) is 0 Å². The predicted molar refractivity (Wildman–Crippen MR) is 93.5 cm³/mol. The average Bonchev–Trinajstić information content (AvgIpc) is 2.53. The van der Waals surface area contributed by atoms with Gasteiger partial charge in [-0.15, -0.1) is 0 Å². The Balaban J connectivity index is 1.64. The molecule has 0 spiro atoms. The maximum atomic E-state index is 12.8. The lowest BCUT2D eigenvalue weighted by Gasteiger charge is -2.52. The van der Waals surface area contributed by atoms with E-state index in [4.69, 9.17) is 4.74 Å². The molecule has 3 rings (SSSR count). The van der Waals surface area contributed by atoms with Gasteiger partial charge in [0.05, 0.1) is 12.0 Å². The molecule has 2 amide bonds. The summed E-state index contributed by atoms with van der Waals surface area (Å²) in [6, 6.07) is 0. The summed E-state index contributed by atoms with van der Waals surface area (Å²) in [4.78, 5) is 37.5. The van der Waals surface area contributed by atoms with Gasteiger partial charge in [-0.1, -0.05) is 46.0 Å². The maximum Gasteiger partial charge on any atom is 0.311 e. The van der Waals surface area contributed by atoms with Gasteiger partial charge < -0.3 is 4.74 Å². The third-order valence-electron chi connectivity index (χ3n) is 6.64. The van der Waals surface area contributed by atoms with E-state index in [0.717, 1.165) is 6.42 Å². The van der Waals surface area contributed by atoms with Crippen molar-refractivity contribution in [3.63, 3.8) is 0 Å². The molecule has 5 nitrogen and oxygen atoms in total. The number of esters is 1. The highest BCUT2D eigenvalue weighted by Crippen LogP contribution is 2.56. The molecule has 3 fully saturated rings. The first-order valence-electron chi connectivity index (χ1n) is 9.70. The first-order chi connectivity index (χ1) is 11.7. The number of carbonyl (C=O) groups is 3. The van der Waals surface area contributed by atoms with Crippen molar-refractivity contribution in [2.75, 3.05) is 6.61 Å². The molecule has 2 saturated carbocycles. The molecule has 1 heterocycles. The van der Waals surface area contributed by atoms with Crippen LogP contribution in [0, 0.1) is 22.2 Å². The second kappa shape index (κ2) is 6.40. The maximum absolute atomic E-state index is 12.8. The van der Waals surface area contributed by atoms with Gasteiger partial charge in [0.2, 0.25) is 11.8 Å². The predicted octanol–water partition coefficient (Wildman–Crippen LogP) is 3.36. The summed E-state index contributed by atoms with van der Waals surface area (Å²) in [6.45, 7) is 6.03. The largest absolute Gasteiger partial charge is 0.465 e. The summed E-state index contributed by atoms with van der Waals surface area (Å²) >= 11 is 0. The van der Waals surface area contributed by atoms with Crippen molar-refractivity contribution in [1.29, 1.82) is 0 Å². The van der Waals surface area contributed by atoms with Crippen LogP contribution in [0.2, 0.25) is 0 Å². The Labute approximate surface area is 150 Å². The second-order valence-electron chi connectivity index (χ2n) is 9.42. The minimum atomic E-state index is -0.776. The van der Waals surface area contributed by atoms with Crippen LogP contribution in [0.25, 0.3) is 0 Å². The summed E-state index contributed by atoms with van der Waals surface area (Å²) in [5.74, 6) is -0.0859. The number of amides is 2. The monoisotopic (exact) mass is 349 g/mol. The van der Waals surface area contributed by atoms with E-state index in [9.17, 15) is 14.4 Å². The van der Waals surface area contributed by atoms with Crippen LogP contribution in [0.5, 0.6) is 0 Å². The SMILES string of the molecule is CC12CC(C)(CC(C)(C(=O)OCCC3CCCCC3)C1)C(=O)NC2=O. The van der Waals surface area contributed by atoms with Crippen molar-refractivity contribution in [3.05, 3.63) is 0 Å². The van der Waals surface area contributed by atoms with Crippen LogP contribution in [-0.4, -0.2) is 24.4 Å². The molecule has 2 unspecified atom stereocenters. The minimum absolute atomic E-state index is 0.247. The number of hydrogen-bond donors (Lipinski definition) is 1. The van der Waals surface area contributed by atoms with Crippen molar-refractivity contribution >= 4 is 17.8 Å². The number of carbonyl (C=O) groups excluding carboxylic acids is 3. The van der Waals surface area contributed by atoms with E-state index in [1.165, 1.54) is 32.1 Å². The van der Waals surface area contributed by atoms with Crippen LogP contribution in [0.1, 0.15) is 78.6 Å². The molecule has 0 aromatic rings. The molecule has 2 bridgehead atoms. The van der Waals surface area contributed by atoms with Crippen molar-refractivity contribution < 1.29 is 19.1 Å². The normalized spacial score (nSPS) is 39.0. The first kappa shape index (κ1) is 18.4. The average molecular weight is 349 g/mol. The third kappa shape index (κ3) is 3.47. The number of hydrogen-bond acceptors (Lipinski definition) is 4. The van der Waals surface area contributed by atoms with E-state index in [0.29, 0.717) is 31.8 Å². The number of piperidine rings is 1. The van der Waals surface area contributed by atoms with Gasteiger partial charge in [0.1, 0.15) is 0 Å². The van der Waals surface area contributed by atoms with Gasteiger partial charge in [-0.2, -0.15) is 0 Å². The van der Waals surface area contributed by atoms with Crippen LogP contribution in [0.3, 0.4) is 0 Å². The lowest BCUT2D eigenvalue weighted by molar-refractivity contribution is -0.174. The van der Waals surface area contributed by atoms with E-state index >= 15 is 0 Å². The molecular weight excluding hydrogens is 318 g/mol. The molecule has 0 radical (unpaired) electrons. The summed E-state index contributed by atoms with van der Waals surface area (Å²) < 4.78 is 5.63. The molecule has 0 aromatic carbocycles.